The van der Waals surface area contributed by atoms with E-state index in [0.29, 0.717) is 5.92 Å². The van der Waals surface area contributed by atoms with E-state index in [0.717, 1.165) is 28.8 Å². The van der Waals surface area contributed by atoms with Crippen molar-refractivity contribution < 1.29 is 4.74 Å². The molecule has 0 aliphatic heterocycles. The summed E-state index contributed by atoms with van der Waals surface area (Å²) in [5, 5.41) is 2.10. The lowest BCUT2D eigenvalue weighted by molar-refractivity contribution is 0.344. The zero-order valence-electron chi connectivity index (χ0n) is 8.76. The number of rotatable bonds is 4. The number of aromatic nitrogens is 1. The molecule has 1 rings (SSSR count). The van der Waals surface area contributed by atoms with Gasteiger partial charge in [-0.15, -0.1) is 0 Å². The SMILES string of the molecule is CCOc1sc(C)nc1CC(C)C. The molecular formula is C10H17NOS. The van der Waals surface area contributed by atoms with Crippen LogP contribution in [0.1, 0.15) is 31.5 Å². The molecule has 0 aliphatic rings. The van der Waals surface area contributed by atoms with Crippen molar-refractivity contribution in [3.05, 3.63) is 10.7 Å². The second kappa shape index (κ2) is 4.61. The minimum atomic E-state index is 0.640. The normalized spacial score (nSPS) is 10.8. The molecule has 0 fully saturated rings. The van der Waals surface area contributed by atoms with Crippen LogP contribution >= 0.6 is 11.3 Å². The summed E-state index contributed by atoms with van der Waals surface area (Å²) >= 11 is 1.65. The maximum Gasteiger partial charge on any atom is 0.197 e. The van der Waals surface area contributed by atoms with Gasteiger partial charge in [-0.2, -0.15) is 0 Å². The molecule has 0 N–H and O–H groups in total. The Morgan fingerprint density at radius 1 is 1.46 bits per heavy atom. The van der Waals surface area contributed by atoms with Crippen molar-refractivity contribution in [3.8, 4) is 5.06 Å². The van der Waals surface area contributed by atoms with Gasteiger partial charge in [0.2, 0.25) is 0 Å². The Labute approximate surface area is 84.0 Å². The molecule has 0 saturated carbocycles. The molecule has 0 radical (unpaired) electrons. The van der Waals surface area contributed by atoms with Crippen LogP contribution < -0.4 is 4.74 Å². The van der Waals surface area contributed by atoms with Crippen molar-refractivity contribution in [2.24, 2.45) is 5.92 Å². The molecule has 1 aromatic rings. The maximum atomic E-state index is 5.51. The largest absolute Gasteiger partial charge is 0.483 e. The van der Waals surface area contributed by atoms with Crippen molar-refractivity contribution in [1.29, 1.82) is 0 Å². The summed E-state index contributed by atoms with van der Waals surface area (Å²) < 4.78 is 5.51. The van der Waals surface area contributed by atoms with E-state index in [1.807, 2.05) is 13.8 Å². The molecule has 0 atom stereocenters. The first-order valence-corrected chi connectivity index (χ1v) is 5.54. The predicted molar refractivity (Wildman–Crippen MR) is 56.6 cm³/mol. The van der Waals surface area contributed by atoms with Crippen LogP contribution in [0.3, 0.4) is 0 Å². The van der Waals surface area contributed by atoms with Gasteiger partial charge in [0.1, 0.15) is 0 Å². The highest BCUT2D eigenvalue weighted by Gasteiger charge is 2.10. The molecule has 0 amide bonds. The highest BCUT2D eigenvalue weighted by Crippen LogP contribution is 2.28. The molecule has 0 spiro atoms. The molecule has 1 aromatic heterocycles. The number of hydrogen-bond acceptors (Lipinski definition) is 3. The van der Waals surface area contributed by atoms with Crippen LogP contribution in [0.4, 0.5) is 0 Å². The highest BCUT2D eigenvalue weighted by molar-refractivity contribution is 7.13. The fourth-order valence-electron chi connectivity index (χ4n) is 1.21. The van der Waals surface area contributed by atoms with Gasteiger partial charge in [-0.3, -0.25) is 0 Å². The summed E-state index contributed by atoms with van der Waals surface area (Å²) in [6.07, 6.45) is 1.01. The lowest BCUT2D eigenvalue weighted by Crippen LogP contribution is -1.98. The van der Waals surface area contributed by atoms with E-state index in [4.69, 9.17) is 4.74 Å². The third-order valence-corrected chi connectivity index (χ3v) is 2.57. The summed E-state index contributed by atoms with van der Waals surface area (Å²) in [5.74, 6) is 0.640. The molecule has 74 valence electrons. The number of nitrogens with zero attached hydrogens (tertiary/aromatic N) is 1. The Bertz CT molecular complexity index is 268. The highest BCUT2D eigenvalue weighted by atomic mass is 32.1. The minimum absolute atomic E-state index is 0.640. The van der Waals surface area contributed by atoms with Gasteiger partial charge in [0.25, 0.3) is 0 Å². The Balaban J connectivity index is 2.77. The third kappa shape index (κ3) is 2.99. The molecule has 0 unspecified atom stereocenters. The molecule has 2 nitrogen and oxygen atoms in total. The number of thiazole rings is 1. The topological polar surface area (TPSA) is 22.1 Å². The Hall–Kier alpha value is -0.570. The summed E-state index contributed by atoms with van der Waals surface area (Å²) in [5.41, 5.74) is 1.12. The molecule has 0 aromatic carbocycles. The summed E-state index contributed by atoms with van der Waals surface area (Å²) in [4.78, 5) is 4.46. The van der Waals surface area contributed by atoms with Gasteiger partial charge in [0.15, 0.2) is 5.06 Å². The van der Waals surface area contributed by atoms with Gasteiger partial charge in [-0.25, -0.2) is 4.98 Å². The van der Waals surface area contributed by atoms with Crippen molar-refractivity contribution in [2.75, 3.05) is 6.61 Å². The van der Waals surface area contributed by atoms with E-state index in [9.17, 15) is 0 Å². The first-order valence-electron chi connectivity index (χ1n) is 4.72. The first-order chi connectivity index (χ1) is 6.13. The standard InChI is InChI=1S/C10H17NOS/c1-5-12-10-9(6-7(2)3)11-8(4)13-10/h7H,5-6H2,1-4H3. The second-order valence-electron chi connectivity index (χ2n) is 3.50. The first kappa shape index (κ1) is 10.5. The van der Waals surface area contributed by atoms with Gasteiger partial charge < -0.3 is 4.74 Å². The van der Waals surface area contributed by atoms with Gasteiger partial charge in [-0.1, -0.05) is 25.2 Å². The number of ether oxygens (including phenoxy) is 1. The van der Waals surface area contributed by atoms with Crippen molar-refractivity contribution >= 4 is 11.3 Å². The van der Waals surface area contributed by atoms with Crippen LogP contribution in [0.15, 0.2) is 0 Å². The van der Waals surface area contributed by atoms with Gasteiger partial charge >= 0.3 is 0 Å². The lowest BCUT2D eigenvalue weighted by Gasteiger charge is -2.04. The van der Waals surface area contributed by atoms with Crippen LogP contribution in [0.5, 0.6) is 5.06 Å². The number of hydrogen-bond donors (Lipinski definition) is 0. The van der Waals surface area contributed by atoms with E-state index in [-0.39, 0.29) is 0 Å². The van der Waals surface area contributed by atoms with Crippen LogP contribution in [0, 0.1) is 12.8 Å². The van der Waals surface area contributed by atoms with Crippen LogP contribution in [0.2, 0.25) is 0 Å². The molecule has 3 heteroatoms. The van der Waals surface area contributed by atoms with E-state index in [1.54, 1.807) is 11.3 Å². The molecule has 0 aliphatic carbocycles. The molecule has 0 saturated heterocycles. The van der Waals surface area contributed by atoms with Crippen molar-refractivity contribution in [1.82, 2.24) is 4.98 Å². The van der Waals surface area contributed by atoms with E-state index >= 15 is 0 Å². The average Bonchev–Trinajstić information content (AvgIpc) is 2.31. The van der Waals surface area contributed by atoms with Crippen LogP contribution in [-0.2, 0) is 6.42 Å². The third-order valence-electron chi connectivity index (χ3n) is 1.65. The molecular weight excluding hydrogens is 182 g/mol. The molecule has 1 heterocycles. The van der Waals surface area contributed by atoms with Gasteiger partial charge in [-0.05, 0) is 26.2 Å². The maximum absolute atomic E-state index is 5.51. The predicted octanol–water partition coefficient (Wildman–Crippen LogP) is 3.05. The summed E-state index contributed by atoms with van der Waals surface area (Å²) in [7, 11) is 0. The average molecular weight is 199 g/mol. The fraction of sp³-hybridized carbons (Fsp3) is 0.700. The lowest BCUT2D eigenvalue weighted by atomic mass is 10.1. The monoisotopic (exact) mass is 199 g/mol. The van der Waals surface area contributed by atoms with E-state index < -0.39 is 0 Å². The zero-order chi connectivity index (χ0) is 9.84. The van der Waals surface area contributed by atoms with Gasteiger partial charge in [0, 0.05) is 0 Å². The quantitative estimate of drug-likeness (QED) is 0.743. The Morgan fingerprint density at radius 2 is 2.15 bits per heavy atom. The Kier molecular flexibility index (Phi) is 3.72. The van der Waals surface area contributed by atoms with Crippen molar-refractivity contribution in [3.63, 3.8) is 0 Å². The molecule has 0 bridgehead atoms. The van der Waals surface area contributed by atoms with E-state index in [1.165, 1.54) is 0 Å². The minimum Gasteiger partial charge on any atom is -0.483 e. The smallest absolute Gasteiger partial charge is 0.197 e. The second-order valence-corrected chi connectivity index (χ2v) is 4.66. The van der Waals surface area contributed by atoms with Gasteiger partial charge in [0.05, 0.1) is 17.3 Å². The van der Waals surface area contributed by atoms with Crippen molar-refractivity contribution in [2.45, 2.75) is 34.1 Å². The van der Waals surface area contributed by atoms with E-state index in [2.05, 4.69) is 18.8 Å². The van der Waals surface area contributed by atoms with Crippen LogP contribution in [0.25, 0.3) is 0 Å². The van der Waals surface area contributed by atoms with Crippen LogP contribution in [-0.4, -0.2) is 11.6 Å². The summed E-state index contributed by atoms with van der Waals surface area (Å²) in [6.45, 7) is 9.16. The zero-order valence-corrected chi connectivity index (χ0v) is 9.57. The number of aryl methyl sites for hydroxylation is 1. The molecule has 13 heavy (non-hydrogen) atoms. The summed E-state index contributed by atoms with van der Waals surface area (Å²) in [6, 6.07) is 0. The fourth-order valence-corrected chi connectivity index (χ4v) is 2.06. The Morgan fingerprint density at radius 3 is 2.69 bits per heavy atom.